The van der Waals surface area contributed by atoms with Crippen molar-refractivity contribution in [1.82, 2.24) is 4.98 Å². The molecule has 0 bridgehead atoms. The first-order valence-corrected chi connectivity index (χ1v) is 7.49. The van der Waals surface area contributed by atoms with Crippen LogP contribution in [0.3, 0.4) is 0 Å². The van der Waals surface area contributed by atoms with Crippen LogP contribution in [0.2, 0.25) is 5.15 Å². The Labute approximate surface area is 106 Å². The molecule has 0 unspecified atom stereocenters. The highest BCUT2D eigenvalue weighted by Crippen LogP contribution is 2.09. The lowest BCUT2D eigenvalue weighted by Crippen LogP contribution is -2.10. The van der Waals surface area contributed by atoms with Gasteiger partial charge in [-0.25, -0.2) is 13.4 Å². The second-order valence-corrected chi connectivity index (χ2v) is 6.49. The SMILES string of the molecule is CCS(=O)(=O)CCCC(=O)c1ccc(Cl)nc1. The molecule has 0 N–H and O–H groups in total. The molecule has 1 aromatic rings. The average Bonchev–Trinajstić information content (AvgIpc) is 2.29. The Hall–Kier alpha value is -0.940. The molecule has 0 saturated heterocycles. The molecule has 1 heterocycles. The fraction of sp³-hybridized carbons (Fsp3) is 0.455. The van der Waals surface area contributed by atoms with E-state index >= 15 is 0 Å². The third-order valence-electron chi connectivity index (χ3n) is 2.35. The van der Waals surface area contributed by atoms with Gasteiger partial charge in [-0.15, -0.1) is 0 Å². The molecule has 0 fully saturated rings. The number of Topliss-reactive ketones (excluding diaryl/α,β-unsaturated/α-hetero) is 1. The van der Waals surface area contributed by atoms with Gasteiger partial charge >= 0.3 is 0 Å². The van der Waals surface area contributed by atoms with E-state index in [-0.39, 0.29) is 23.7 Å². The zero-order valence-electron chi connectivity index (χ0n) is 9.52. The van der Waals surface area contributed by atoms with E-state index in [9.17, 15) is 13.2 Å². The fourth-order valence-corrected chi connectivity index (χ4v) is 2.27. The summed E-state index contributed by atoms with van der Waals surface area (Å²) in [5.41, 5.74) is 0.461. The molecule has 0 aromatic carbocycles. The number of carbonyl (C=O) groups is 1. The fourth-order valence-electron chi connectivity index (χ4n) is 1.28. The van der Waals surface area contributed by atoms with E-state index in [4.69, 9.17) is 11.6 Å². The third-order valence-corrected chi connectivity index (χ3v) is 4.36. The quantitative estimate of drug-likeness (QED) is 0.589. The van der Waals surface area contributed by atoms with E-state index in [0.717, 1.165) is 0 Å². The van der Waals surface area contributed by atoms with Crippen LogP contribution in [0.5, 0.6) is 0 Å². The molecule has 4 nitrogen and oxygen atoms in total. The third kappa shape index (κ3) is 4.83. The molecule has 0 saturated carbocycles. The van der Waals surface area contributed by atoms with Gasteiger partial charge in [0.2, 0.25) is 0 Å². The molecule has 0 aliphatic rings. The zero-order chi connectivity index (χ0) is 12.9. The van der Waals surface area contributed by atoms with E-state index in [0.29, 0.717) is 17.1 Å². The van der Waals surface area contributed by atoms with Crippen LogP contribution in [-0.2, 0) is 9.84 Å². The number of sulfone groups is 1. The lowest BCUT2D eigenvalue weighted by atomic mass is 10.1. The van der Waals surface area contributed by atoms with Gasteiger partial charge in [0.25, 0.3) is 0 Å². The van der Waals surface area contributed by atoms with Gasteiger partial charge in [0.05, 0.1) is 5.75 Å². The lowest BCUT2D eigenvalue weighted by molar-refractivity contribution is 0.0981. The summed E-state index contributed by atoms with van der Waals surface area (Å²) in [5, 5.41) is 0.329. The average molecular weight is 276 g/mol. The van der Waals surface area contributed by atoms with E-state index in [1.807, 2.05) is 0 Å². The summed E-state index contributed by atoms with van der Waals surface area (Å²) in [7, 11) is -2.99. The summed E-state index contributed by atoms with van der Waals surface area (Å²) in [6, 6.07) is 3.13. The minimum absolute atomic E-state index is 0.0518. The van der Waals surface area contributed by atoms with Crippen LogP contribution in [0.15, 0.2) is 18.3 Å². The van der Waals surface area contributed by atoms with Gasteiger partial charge in [-0.05, 0) is 18.6 Å². The van der Waals surface area contributed by atoms with Crippen molar-refractivity contribution in [2.75, 3.05) is 11.5 Å². The zero-order valence-corrected chi connectivity index (χ0v) is 11.1. The highest BCUT2D eigenvalue weighted by atomic mass is 35.5. The van der Waals surface area contributed by atoms with Crippen molar-refractivity contribution in [1.29, 1.82) is 0 Å². The van der Waals surface area contributed by atoms with Crippen LogP contribution < -0.4 is 0 Å². The van der Waals surface area contributed by atoms with Crippen molar-refractivity contribution in [2.24, 2.45) is 0 Å². The number of ketones is 1. The molecule has 94 valence electrons. The standard InChI is InChI=1S/C11H14ClNO3S/c1-2-17(15,16)7-3-4-10(14)9-5-6-11(12)13-8-9/h5-6,8H,2-4,7H2,1H3. The minimum atomic E-state index is -2.99. The Kier molecular flexibility index (Phi) is 5.08. The number of rotatable bonds is 6. The van der Waals surface area contributed by atoms with Crippen molar-refractivity contribution in [3.63, 3.8) is 0 Å². The van der Waals surface area contributed by atoms with Gasteiger partial charge in [0.15, 0.2) is 5.78 Å². The summed E-state index contributed by atoms with van der Waals surface area (Å²) < 4.78 is 22.4. The maximum atomic E-state index is 11.7. The van der Waals surface area contributed by atoms with Crippen molar-refractivity contribution in [3.8, 4) is 0 Å². The maximum absolute atomic E-state index is 11.7. The number of hydrogen-bond donors (Lipinski definition) is 0. The van der Waals surface area contributed by atoms with Gasteiger partial charge in [-0.2, -0.15) is 0 Å². The molecule has 0 aliphatic heterocycles. The molecule has 0 amide bonds. The first-order valence-electron chi connectivity index (χ1n) is 5.30. The van der Waals surface area contributed by atoms with Crippen LogP contribution in [0.1, 0.15) is 30.1 Å². The van der Waals surface area contributed by atoms with Crippen LogP contribution in [0.4, 0.5) is 0 Å². The van der Waals surface area contributed by atoms with Gasteiger partial charge in [0, 0.05) is 23.9 Å². The summed E-state index contributed by atoms with van der Waals surface area (Å²) in [6.07, 6.45) is 1.96. The normalized spacial score (nSPS) is 11.4. The van der Waals surface area contributed by atoms with Crippen LogP contribution in [0.25, 0.3) is 0 Å². The highest BCUT2D eigenvalue weighted by molar-refractivity contribution is 7.91. The number of halogens is 1. The summed E-state index contributed by atoms with van der Waals surface area (Å²) in [4.78, 5) is 15.5. The number of hydrogen-bond acceptors (Lipinski definition) is 4. The summed E-state index contributed by atoms with van der Waals surface area (Å²) in [5.74, 6) is 0.0559. The second-order valence-electron chi connectivity index (χ2n) is 3.63. The number of carbonyl (C=O) groups excluding carboxylic acids is 1. The van der Waals surface area contributed by atoms with Gasteiger partial charge in [0.1, 0.15) is 15.0 Å². The predicted octanol–water partition coefficient (Wildman–Crippen LogP) is 2.13. The van der Waals surface area contributed by atoms with E-state index in [2.05, 4.69) is 4.98 Å². The van der Waals surface area contributed by atoms with Gasteiger partial charge in [-0.3, -0.25) is 4.79 Å². The predicted molar refractivity (Wildman–Crippen MR) is 67.1 cm³/mol. The topological polar surface area (TPSA) is 64.1 Å². The van der Waals surface area contributed by atoms with Crippen LogP contribution >= 0.6 is 11.6 Å². The maximum Gasteiger partial charge on any atom is 0.164 e. The second kappa shape index (κ2) is 6.12. The van der Waals surface area contributed by atoms with E-state index in [1.165, 1.54) is 12.3 Å². The molecule has 0 atom stereocenters. The van der Waals surface area contributed by atoms with E-state index < -0.39 is 9.84 Å². The molecular weight excluding hydrogens is 262 g/mol. The van der Waals surface area contributed by atoms with Crippen molar-refractivity contribution in [2.45, 2.75) is 19.8 Å². The molecule has 0 spiro atoms. The Bertz CT molecular complexity index is 482. The Morgan fingerprint density at radius 3 is 2.65 bits per heavy atom. The number of pyridine rings is 1. The van der Waals surface area contributed by atoms with Crippen LogP contribution in [-0.4, -0.2) is 30.7 Å². The smallest absolute Gasteiger partial charge is 0.164 e. The Morgan fingerprint density at radius 1 is 1.41 bits per heavy atom. The number of nitrogens with zero attached hydrogens (tertiary/aromatic N) is 1. The largest absolute Gasteiger partial charge is 0.294 e. The summed E-state index contributed by atoms with van der Waals surface area (Å²) in [6.45, 7) is 1.60. The summed E-state index contributed by atoms with van der Waals surface area (Å²) >= 11 is 5.60. The molecule has 6 heteroatoms. The van der Waals surface area contributed by atoms with Crippen molar-refractivity contribution >= 4 is 27.2 Å². The molecule has 1 aromatic heterocycles. The van der Waals surface area contributed by atoms with Crippen molar-refractivity contribution in [3.05, 3.63) is 29.0 Å². The first-order chi connectivity index (χ1) is 7.94. The van der Waals surface area contributed by atoms with Crippen LogP contribution in [0, 0.1) is 0 Å². The monoisotopic (exact) mass is 275 g/mol. The molecule has 0 radical (unpaired) electrons. The van der Waals surface area contributed by atoms with E-state index in [1.54, 1.807) is 13.0 Å². The molecule has 1 rings (SSSR count). The molecule has 17 heavy (non-hydrogen) atoms. The number of aromatic nitrogens is 1. The van der Waals surface area contributed by atoms with Crippen molar-refractivity contribution < 1.29 is 13.2 Å². The van der Waals surface area contributed by atoms with Gasteiger partial charge in [-0.1, -0.05) is 18.5 Å². The Morgan fingerprint density at radius 2 is 2.12 bits per heavy atom. The molecular formula is C11H14ClNO3S. The minimum Gasteiger partial charge on any atom is -0.294 e. The first kappa shape index (κ1) is 14.1. The molecule has 0 aliphatic carbocycles. The highest BCUT2D eigenvalue weighted by Gasteiger charge is 2.10. The Balaban J connectivity index is 2.48. The lowest BCUT2D eigenvalue weighted by Gasteiger charge is -2.01. The van der Waals surface area contributed by atoms with Gasteiger partial charge < -0.3 is 0 Å².